The largest absolute Gasteiger partial charge is 0.352 e. The highest BCUT2D eigenvalue weighted by atomic mass is 32.1. The number of thiophene rings is 1. The number of nitrogens with one attached hydrogen (secondary N) is 2. The third kappa shape index (κ3) is 3.48. The van der Waals surface area contributed by atoms with Crippen LogP contribution in [-0.2, 0) is 6.42 Å². The number of pyridine rings is 2. The van der Waals surface area contributed by atoms with Crippen LogP contribution in [0, 0.1) is 0 Å². The highest BCUT2D eigenvalue weighted by Gasteiger charge is 2.15. The van der Waals surface area contributed by atoms with E-state index in [0.717, 1.165) is 24.2 Å². The summed E-state index contributed by atoms with van der Waals surface area (Å²) in [6, 6.07) is 7.65. The molecule has 2 N–H and O–H groups in total. The third-order valence-corrected chi connectivity index (χ3v) is 4.76. The number of rotatable bonds is 6. The minimum absolute atomic E-state index is 0.132. The lowest BCUT2D eigenvalue weighted by atomic mass is 10.1. The topological polar surface area (TPSA) is 83.6 Å². The summed E-state index contributed by atoms with van der Waals surface area (Å²) in [6.45, 7) is 0.597. The van der Waals surface area contributed by atoms with Crippen molar-refractivity contribution < 1.29 is 4.79 Å². The van der Waals surface area contributed by atoms with Crippen molar-refractivity contribution in [3.05, 3.63) is 64.7 Å². The van der Waals surface area contributed by atoms with Gasteiger partial charge in [0.1, 0.15) is 11.3 Å². The summed E-state index contributed by atoms with van der Waals surface area (Å²) >= 11 is 1.60. The molecular weight excluding hydrogens is 346 g/mol. The van der Waals surface area contributed by atoms with E-state index in [1.54, 1.807) is 29.8 Å². The molecule has 26 heavy (non-hydrogen) atoms. The minimum atomic E-state index is -0.132. The Morgan fingerprint density at radius 3 is 3.00 bits per heavy atom. The number of fused-ring (bicyclic) bond motifs is 1. The molecule has 0 unspecified atom stereocenters. The van der Waals surface area contributed by atoms with E-state index in [2.05, 4.69) is 25.3 Å². The molecule has 6 nitrogen and oxygen atoms in total. The second-order valence-electron chi connectivity index (χ2n) is 5.87. The maximum absolute atomic E-state index is 12.6. The Balaban J connectivity index is 1.45. The fourth-order valence-electron chi connectivity index (χ4n) is 2.77. The Hall–Kier alpha value is -3.06. The Morgan fingerprint density at radius 1 is 1.23 bits per heavy atom. The first-order chi connectivity index (χ1) is 12.8. The molecule has 7 heteroatoms. The van der Waals surface area contributed by atoms with Crippen LogP contribution in [0.15, 0.2) is 53.6 Å². The molecule has 4 aromatic heterocycles. The minimum Gasteiger partial charge on any atom is -0.352 e. The molecule has 0 atom stereocenters. The lowest BCUT2D eigenvalue weighted by Crippen LogP contribution is -2.25. The molecule has 0 aliphatic heterocycles. The summed E-state index contributed by atoms with van der Waals surface area (Å²) in [4.78, 5) is 28.7. The Labute approximate surface area is 154 Å². The van der Waals surface area contributed by atoms with Crippen molar-refractivity contribution in [1.82, 2.24) is 25.3 Å². The van der Waals surface area contributed by atoms with Crippen molar-refractivity contribution in [3.8, 4) is 11.4 Å². The summed E-state index contributed by atoms with van der Waals surface area (Å²) < 4.78 is 0. The molecule has 0 radical (unpaired) electrons. The number of aromatic nitrogens is 4. The number of carbonyl (C=O) groups is 1. The first-order valence-electron chi connectivity index (χ1n) is 8.35. The van der Waals surface area contributed by atoms with Crippen molar-refractivity contribution in [2.75, 3.05) is 6.54 Å². The fourth-order valence-corrected chi connectivity index (χ4v) is 3.41. The number of imidazole rings is 1. The third-order valence-electron chi connectivity index (χ3n) is 4.07. The molecule has 1 amide bonds. The van der Waals surface area contributed by atoms with Gasteiger partial charge in [-0.05, 0) is 42.0 Å². The van der Waals surface area contributed by atoms with Crippen LogP contribution in [0.3, 0.4) is 0 Å². The molecule has 0 bridgehead atoms. The number of H-pyrrole nitrogens is 1. The van der Waals surface area contributed by atoms with E-state index in [9.17, 15) is 4.79 Å². The monoisotopic (exact) mass is 363 g/mol. The van der Waals surface area contributed by atoms with Crippen LogP contribution >= 0.6 is 11.3 Å². The van der Waals surface area contributed by atoms with Gasteiger partial charge in [0.2, 0.25) is 0 Å². The summed E-state index contributed by atoms with van der Waals surface area (Å²) in [7, 11) is 0. The summed E-state index contributed by atoms with van der Waals surface area (Å²) in [5, 5.41) is 6.97. The fraction of sp³-hybridized carbons (Fsp3) is 0.158. The van der Waals surface area contributed by atoms with E-state index in [1.165, 1.54) is 5.56 Å². The molecule has 0 aliphatic carbocycles. The number of hydrogen-bond donors (Lipinski definition) is 2. The second kappa shape index (κ2) is 7.45. The predicted molar refractivity (Wildman–Crippen MR) is 102 cm³/mol. The summed E-state index contributed by atoms with van der Waals surface area (Å²) in [5.74, 6) is 0.595. The van der Waals surface area contributed by atoms with Gasteiger partial charge >= 0.3 is 0 Å². The smallest absolute Gasteiger partial charge is 0.253 e. The Bertz CT molecular complexity index is 1010. The molecule has 4 aromatic rings. The number of carbonyl (C=O) groups excluding carboxylic acids is 1. The first-order valence-corrected chi connectivity index (χ1v) is 9.30. The van der Waals surface area contributed by atoms with Gasteiger partial charge in [0, 0.05) is 36.1 Å². The van der Waals surface area contributed by atoms with Crippen LogP contribution < -0.4 is 5.32 Å². The maximum atomic E-state index is 12.6. The highest BCUT2D eigenvalue weighted by molar-refractivity contribution is 7.08. The van der Waals surface area contributed by atoms with Crippen LogP contribution in [0.1, 0.15) is 22.3 Å². The molecule has 4 rings (SSSR count). The van der Waals surface area contributed by atoms with Crippen molar-refractivity contribution in [2.45, 2.75) is 12.8 Å². The van der Waals surface area contributed by atoms with Crippen molar-refractivity contribution in [3.63, 3.8) is 0 Å². The molecule has 0 fully saturated rings. The predicted octanol–water partition coefficient (Wildman–Crippen LogP) is 3.44. The lowest BCUT2D eigenvalue weighted by molar-refractivity contribution is 0.0954. The molecule has 0 saturated heterocycles. The zero-order valence-electron chi connectivity index (χ0n) is 14.0. The Morgan fingerprint density at radius 2 is 2.19 bits per heavy atom. The van der Waals surface area contributed by atoms with Gasteiger partial charge < -0.3 is 10.3 Å². The van der Waals surface area contributed by atoms with E-state index in [1.807, 2.05) is 35.2 Å². The summed E-state index contributed by atoms with van der Waals surface area (Å²) in [6.07, 6.45) is 6.97. The van der Waals surface area contributed by atoms with E-state index < -0.39 is 0 Å². The second-order valence-corrected chi connectivity index (χ2v) is 6.65. The van der Waals surface area contributed by atoms with Crippen LogP contribution in [0.4, 0.5) is 0 Å². The van der Waals surface area contributed by atoms with Crippen molar-refractivity contribution in [2.24, 2.45) is 0 Å². The molecular formula is C19H17N5OS. The summed E-state index contributed by atoms with van der Waals surface area (Å²) in [5.41, 5.74) is 3.92. The van der Waals surface area contributed by atoms with Gasteiger partial charge in [0.05, 0.1) is 5.56 Å². The van der Waals surface area contributed by atoms with Crippen LogP contribution in [0.5, 0.6) is 0 Å². The van der Waals surface area contributed by atoms with Crippen molar-refractivity contribution >= 4 is 28.4 Å². The first kappa shape index (κ1) is 16.4. The molecule has 0 aliphatic rings. The molecule has 130 valence electrons. The van der Waals surface area contributed by atoms with Crippen LogP contribution in [0.2, 0.25) is 0 Å². The molecule has 4 heterocycles. The Kier molecular flexibility index (Phi) is 4.70. The van der Waals surface area contributed by atoms with Gasteiger partial charge in [-0.2, -0.15) is 11.3 Å². The SMILES string of the molecule is O=C(NCCCc1cccnc1)c1ccnc2[nH]c(-c3ccsc3)nc12. The number of amides is 1. The van der Waals surface area contributed by atoms with Gasteiger partial charge in [-0.25, -0.2) is 9.97 Å². The number of nitrogens with zero attached hydrogens (tertiary/aromatic N) is 3. The van der Waals surface area contributed by atoms with Crippen LogP contribution in [-0.4, -0.2) is 32.4 Å². The zero-order valence-corrected chi connectivity index (χ0v) is 14.8. The van der Waals surface area contributed by atoms with Gasteiger partial charge in [-0.15, -0.1) is 0 Å². The number of hydrogen-bond acceptors (Lipinski definition) is 5. The van der Waals surface area contributed by atoms with E-state index in [4.69, 9.17) is 0 Å². The average Bonchev–Trinajstić information content (AvgIpc) is 3.34. The average molecular weight is 363 g/mol. The van der Waals surface area contributed by atoms with Gasteiger partial charge in [0.25, 0.3) is 5.91 Å². The highest BCUT2D eigenvalue weighted by Crippen LogP contribution is 2.23. The van der Waals surface area contributed by atoms with Crippen LogP contribution in [0.25, 0.3) is 22.6 Å². The standard InChI is InChI=1S/C19H17N5OS/c25-19(22-8-2-4-13-3-1-7-20-11-13)15-5-9-21-18-16(15)23-17(24-18)14-6-10-26-12-14/h1,3,5-7,9-12H,2,4,8H2,(H,22,25)(H,21,23,24). The van der Waals surface area contributed by atoms with Gasteiger partial charge in [0.15, 0.2) is 5.65 Å². The maximum Gasteiger partial charge on any atom is 0.253 e. The molecule has 0 aromatic carbocycles. The number of aryl methyl sites for hydroxylation is 1. The quantitative estimate of drug-likeness (QED) is 0.514. The van der Waals surface area contributed by atoms with E-state index in [-0.39, 0.29) is 5.91 Å². The van der Waals surface area contributed by atoms with Gasteiger partial charge in [-0.3, -0.25) is 9.78 Å². The number of aromatic amines is 1. The molecule has 0 saturated carbocycles. The normalized spacial score (nSPS) is 10.9. The lowest BCUT2D eigenvalue weighted by Gasteiger charge is -2.05. The van der Waals surface area contributed by atoms with Crippen molar-refractivity contribution in [1.29, 1.82) is 0 Å². The van der Waals surface area contributed by atoms with Gasteiger partial charge in [-0.1, -0.05) is 6.07 Å². The zero-order chi connectivity index (χ0) is 17.8. The van der Waals surface area contributed by atoms with E-state index in [0.29, 0.717) is 23.3 Å². The molecule has 0 spiro atoms. The van der Waals surface area contributed by atoms with E-state index >= 15 is 0 Å².